The molecule has 5 heterocycles. The van der Waals surface area contributed by atoms with Gasteiger partial charge in [0.15, 0.2) is 29.4 Å². The molecule has 2 aromatic heterocycles. The Hall–Kier alpha value is -5.05. The van der Waals surface area contributed by atoms with Crippen LogP contribution in [0, 0.1) is 11.2 Å². The van der Waals surface area contributed by atoms with Gasteiger partial charge in [-0.05, 0) is 44.5 Å². The van der Waals surface area contributed by atoms with E-state index in [4.69, 9.17) is 13.9 Å². The van der Waals surface area contributed by atoms with Crippen LogP contribution in [0.1, 0.15) is 48.9 Å². The van der Waals surface area contributed by atoms with E-state index in [1.54, 1.807) is 26.8 Å². The fraction of sp³-hybridized carbons (Fsp3) is 0.400. The van der Waals surface area contributed by atoms with Crippen LogP contribution >= 0.6 is 0 Å². The molecule has 14 nitrogen and oxygen atoms in total. The molecule has 0 radical (unpaired) electrons. The number of furan rings is 1. The van der Waals surface area contributed by atoms with E-state index < -0.39 is 60.0 Å². The van der Waals surface area contributed by atoms with Gasteiger partial charge in [0, 0.05) is 12.6 Å². The van der Waals surface area contributed by atoms with Gasteiger partial charge in [0.1, 0.15) is 17.1 Å². The number of aliphatic hydroxyl groups excluding tert-OH is 1. The summed E-state index contributed by atoms with van der Waals surface area (Å²) in [7, 11) is 1.27. The highest BCUT2D eigenvalue weighted by atomic mass is 19.1. The number of imide groups is 1. The number of urea groups is 1. The number of ether oxygens (including phenoxy) is 2. The molecule has 0 aliphatic carbocycles. The fourth-order valence-corrected chi connectivity index (χ4v) is 5.59. The first-order valence-corrected chi connectivity index (χ1v) is 14.1. The first-order valence-electron chi connectivity index (χ1n) is 14.1. The molecule has 0 bridgehead atoms. The number of aliphatic hydroxyl groups is 1. The number of carbonyl (C=O) groups is 5. The SMILES string of the molecule is COc1ccc2c(c1F)C(=O)N(C[C@@]1(c3cc4nc(N5C[C@H](O)CC5=O)ccc4o3)NC(=O)N(COC(=O)C(C)(C)C)C1=O)C2. The zero-order valence-electron chi connectivity index (χ0n) is 24.9. The van der Waals surface area contributed by atoms with Crippen LogP contribution in [-0.2, 0) is 31.2 Å². The third-order valence-electron chi connectivity index (χ3n) is 7.98. The molecule has 3 aliphatic rings. The average Bonchev–Trinajstić information content (AvgIpc) is 3.70. The lowest BCUT2D eigenvalue weighted by molar-refractivity contribution is -0.158. The van der Waals surface area contributed by atoms with Crippen LogP contribution in [0.4, 0.5) is 15.0 Å². The number of anilines is 1. The van der Waals surface area contributed by atoms with Gasteiger partial charge in [-0.1, -0.05) is 6.07 Å². The molecule has 6 rings (SSSR count). The number of aromatic nitrogens is 1. The maximum atomic E-state index is 15.1. The minimum Gasteiger partial charge on any atom is -0.494 e. The Morgan fingerprint density at radius 3 is 2.62 bits per heavy atom. The lowest BCUT2D eigenvalue weighted by Gasteiger charge is -2.29. The highest BCUT2D eigenvalue weighted by molar-refractivity contribution is 6.08. The molecule has 236 valence electrons. The van der Waals surface area contributed by atoms with Crippen molar-refractivity contribution >= 4 is 46.6 Å². The number of carbonyl (C=O) groups excluding carboxylic acids is 5. The van der Waals surface area contributed by atoms with E-state index in [2.05, 4.69) is 10.3 Å². The number of hydrogen-bond acceptors (Lipinski definition) is 10. The lowest BCUT2D eigenvalue weighted by atomic mass is 9.95. The fourth-order valence-electron chi connectivity index (χ4n) is 5.59. The van der Waals surface area contributed by atoms with Crippen LogP contribution < -0.4 is 15.0 Å². The van der Waals surface area contributed by atoms with Gasteiger partial charge >= 0.3 is 12.0 Å². The van der Waals surface area contributed by atoms with E-state index in [1.165, 1.54) is 41.2 Å². The largest absolute Gasteiger partial charge is 0.494 e. The summed E-state index contributed by atoms with van der Waals surface area (Å²) in [6, 6.07) is 6.46. The monoisotopic (exact) mass is 623 g/mol. The average molecular weight is 624 g/mol. The van der Waals surface area contributed by atoms with Gasteiger partial charge in [0.2, 0.25) is 5.91 Å². The second-order valence-corrected chi connectivity index (χ2v) is 12.2. The summed E-state index contributed by atoms with van der Waals surface area (Å²) in [6.45, 7) is 3.64. The quantitative estimate of drug-likeness (QED) is 0.293. The van der Waals surface area contributed by atoms with Crippen molar-refractivity contribution in [2.75, 3.05) is 31.8 Å². The molecule has 45 heavy (non-hydrogen) atoms. The number of amides is 5. The van der Waals surface area contributed by atoms with Crippen molar-refractivity contribution in [3.8, 4) is 5.75 Å². The number of halogens is 1. The molecule has 3 aromatic rings. The molecule has 2 fully saturated rings. The predicted octanol–water partition coefficient (Wildman–Crippen LogP) is 2.02. The van der Waals surface area contributed by atoms with E-state index in [0.717, 1.165) is 0 Å². The van der Waals surface area contributed by atoms with Crippen molar-refractivity contribution in [2.45, 2.75) is 45.4 Å². The molecule has 0 spiro atoms. The minimum absolute atomic E-state index is 0.0473. The molecule has 0 saturated carbocycles. The molecule has 0 unspecified atom stereocenters. The number of methoxy groups -OCH3 is 1. The van der Waals surface area contributed by atoms with Gasteiger partial charge in [-0.3, -0.25) is 24.1 Å². The van der Waals surface area contributed by atoms with Crippen LogP contribution in [0.2, 0.25) is 0 Å². The molecule has 1 aromatic carbocycles. The highest BCUT2D eigenvalue weighted by Gasteiger charge is 2.57. The zero-order chi connectivity index (χ0) is 32.4. The summed E-state index contributed by atoms with van der Waals surface area (Å²) < 4.78 is 31.4. The Labute approximate surface area is 255 Å². The van der Waals surface area contributed by atoms with Crippen molar-refractivity contribution in [3.63, 3.8) is 0 Å². The predicted molar refractivity (Wildman–Crippen MR) is 152 cm³/mol. The summed E-state index contributed by atoms with van der Waals surface area (Å²) >= 11 is 0. The summed E-state index contributed by atoms with van der Waals surface area (Å²) in [5.74, 6) is -3.41. The van der Waals surface area contributed by atoms with E-state index >= 15 is 4.39 Å². The van der Waals surface area contributed by atoms with Gasteiger partial charge in [0.25, 0.3) is 11.8 Å². The molecule has 2 saturated heterocycles. The third-order valence-corrected chi connectivity index (χ3v) is 7.98. The third kappa shape index (κ3) is 4.92. The van der Waals surface area contributed by atoms with Gasteiger partial charge in [-0.25, -0.2) is 19.1 Å². The Balaban J connectivity index is 1.38. The standard InChI is InChI=1S/C30H30FN5O9/c1-29(2,3)27(41)44-14-36-26(40)30(33-28(36)42,13-34-11-15-5-6-19(43-4)24(31)23(15)25(34)39)20-10-17-18(45-20)7-8-21(32-17)35-12-16(37)9-22(35)38/h5-8,10,16,37H,9,11-14H2,1-4H3,(H,33,42)/t16-,30+/m1/s1. The second-order valence-electron chi connectivity index (χ2n) is 12.2. The van der Waals surface area contributed by atoms with Gasteiger partial charge in [-0.15, -0.1) is 0 Å². The molecular formula is C30H30FN5O9. The van der Waals surface area contributed by atoms with Crippen molar-refractivity contribution in [2.24, 2.45) is 5.41 Å². The number of pyridine rings is 1. The number of β-amino-alcohol motifs (C(OH)–C–C–N with tert-alkyl or cyclic N) is 1. The normalized spacial score (nSPS) is 21.6. The molecule has 2 N–H and O–H groups in total. The van der Waals surface area contributed by atoms with Gasteiger partial charge in [-0.2, -0.15) is 0 Å². The van der Waals surface area contributed by atoms with Crippen LogP contribution in [0.15, 0.2) is 34.7 Å². The maximum absolute atomic E-state index is 15.1. The maximum Gasteiger partial charge on any atom is 0.328 e. The summed E-state index contributed by atoms with van der Waals surface area (Å²) in [5, 5.41) is 12.5. The van der Waals surface area contributed by atoms with E-state index in [9.17, 15) is 29.1 Å². The molecule has 5 amide bonds. The minimum atomic E-state index is -2.02. The number of fused-ring (bicyclic) bond motifs is 2. The van der Waals surface area contributed by atoms with E-state index in [-0.39, 0.29) is 59.4 Å². The molecule has 3 aliphatic heterocycles. The van der Waals surface area contributed by atoms with Crippen molar-refractivity contribution in [1.29, 1.82) is 0 Å². The van der Waals surface area contributed by atoms with Crippen molar-refractivity contribution in [3.05, 3.63) is 53.0 Å². The lowest BCUT2D eigenvalue weighted by Crippen LogP contribution is -2.52. The number of hydrogen-bond donors (Lipinski definition) is 2. The Morgan fingerprint density at radius 1 is 1.20 bits per heavy atom. The molecule has 15 heteroatoms. The number of nitrogens with zero attached hydrogens (tertiary/aromatic N) is 4. The first-order chi connectivity index (χ1) is 21.2. The van der Waals surface area contributed by atoms with Crippen molar-refractivity contribution < 1.29 is 47.4 Å². The number of rotatable bonds is 7. The smallest absolute Gasteiger partial charge is 0.328 e. The Bertz CT molecular complexity index is 1780. The summed E-state index contributed by atoms with van der Waals surface area (Å²) in [4.78, 5) is 73.3. The van der Waals surface area contributed by atoms with Crippen LogP contribution in [-0.4, -0.2) is 82.6 Å². The van der Waals surface area contributed by atoms with E-state index in [0.29, 0.717) is 10.5 Å². The number of benzene rings is 1. The second kappa shape index (κ2) is 10.5. The number of nitrogens with one attached hydrogen (secondary N) is 1. The van der Waals surface area contributed by atoms with Crippen LogP contribution in [0.25, 0.3) is 11.1 Å². The Morgan fingerprint density at radius 2 is 1.96 bits per heavy atom. The zero-order valence-corrected chi connectivity index (χ0v) is 24.9. The summed E-state index contributed by atoms with van der Waals surface area (Å²) in [5.41, 5.74) is -2.37. The van der Waals surface area contributed by atoms with Crippen LogP contribution in [0.3, 0.4) is 0 Å². The van der Waals surface area contributed by atoms with E-state index in [1.807, 2.05) is 0 Å². The number of esters is 1. The molecule has 2 atom stereocenters. The van der Waals surface area contributed by atoms with Crippen LogP contribution in [0.5, 0.6) is 5.75 Å². The molecular weight excluding hydrogens is 593 g/mol. The topological polar surface area (TPSA) is 172 Å². The first kappa shape index (κ1) is 30.0. The summed E-state index contributed by atoms with van der Waals surface area (Å²) in [6.07, 6.45) is -0.885. The Kier molecular flexibility index (Phi) is 7.03. The highest BCUT2D eigenvalue weighted by Crippen LogP contribution is 2.38. The van der Waals surface area contributed by atoms with Gasteiger partial charge in [0.05, 0.1) is 43.7 Å². The van der Waals surface area contributed by atoms with Gasteiger partial charge < -0.3 is 29.2 Å². The van der Waals surface area contributed by atoms with Crippen molar-refractivity contribution in [1.82, 2.24) is 20.1 Å².